The summed E-state index contributed by atoms with van der Waals surface area (Å²) >= 11 is 0. The summed E-state index contributed by atoms with van der Waals surface area (Å²) in [5.41, 5.74) is 0. The van der Waals surface area contributed by atoms with Gasteiger partial charge in [-0.2, -0.15) is 0 Å². The Morgan fingerprint density at radius 3 is 2.38 bits per heavy atom. The van der Waals surface area contributed by atoms with E-state index >= 15 is 0 Å². The van der Waals surface area contributed by atoms with Crippen molar-refractivity contribution >= 4 is 17.9 Å². The highest BCUT2D eigenvalue weighted by Crippen LogP contribution is 2.06. The predicted molar refractivity (Wildman–Crippen MR) is 70.9 cm³/mol. The summed E-state index contributed by atoms with van der Waals surface area (Å²) in [4.78, 5) is 34.9. The van der Waals surface area contributed by atoms with Crippen molar-refractivity contribution in [2.75, 3.05) is 32.8 Å². The first-order chi connectivity index (χ1) is 9.99. The maximum Gasteiger partial charge on any atom is 0.345 e. The van der Waals surface area contributed by atoms with E-state index in [0.29, 0.717) is 6.42 Å². The summed E-state index contributed by atoms with van der Waals surface area (Å²) in [7, 11) is 0. The van der Waals surface area contributed by atoms with Crippen molar-refractivity contribution in [1.82, 2.24) is 4.90 Å². The number of rotatable bonds is 9. The topological polar surface area (TPSA) is 113 Å². The largest absolute Gasteiger partial charge is 0.481 e. The van der Waals surface area contributed by atoms with Gasteiger partial charge in [-0.25, -0.2) is 4.79 Å². The fourth-order valence-corrected chi connectivity index (χ4v) is 1.99. The van der Waals surface area contributed by atoms with E-state index in [1.807, 2.05) is 0 Å². The van der Waals surface area contributed by atoms with Gasteiger partial charge in [0, 0.05) is 19.5 Å². The Morgan fingerprint density at radius 1 is 1.14 bits per heavy atom. The Balaban J connectivity index is 2.16. The molecule has 8 heteroatoms. The zero-order valence-electron chi connectivity index (χ0n) is 11.8. The molecule has 2 N–H and O–H groups in total. The van der Waals surface area contributed by atoms with Gasteiger partial charge in [0.25, 0.3) is 0 Å². The fraction of sp³-hybridized carbons (Fsp3) is 0.769. The summed E-state index contributed by atoms with van der Waals surface area (Å²) in [5.74, 6) is -3.44. The average molecular weight is 303 g/mol. The molecule has 0 aromatic carbocycles. The van der Waals surface area contributed by atoms with Crippen LogP contribution >= 0.6 is 0 Å². The smallest absolute Gasteiger partial charge is 0.345 e. The van der Waals surface area contributed by atoms with Gasteiger partial charge >= 0.3 is 17.9 Å². The van der Waals surface area contributed by atoms with Gasteiger partial charge < -0.3 is 19.7 Å². The molecule has 0 aromatic rings. The number of aliphatic carboxylic acids is 2. The number of carbonyl (C=O) groups is 3. The molecule has 1 saturated heterocycles. The molecule has 1 aliphatic heterocycles. The van der Waals surface area contributed by atoms with E-state index in [1.165, 1.54) is 0 Å². The third-order valence-electron chi connectivity index (χ3n) is 3.12. The SMILES string of the molecule is O=C(O)CC(OC(=O)CCCCN1CCOCC1)C(=O)O. The third-order valence-corrected chi connectivity index (χ3v) is 3.12. The van der Waals surface area contributed by atoms with Gasteiger partial charge in [-0.15, -0.1) is 0 Å². The van der Waals surface area contributed by atoms with Crippen molar-refractivity contribution in [2.24, 2.45) is 0 Å². The standard InChI is InChI=1S/C13H21NO7/c15-11(16)9-10(13(18)19)21-12(17)3-1-2-4-14-5-7-20-8-6-14/h10H,1-9H2,(H,15,16)(H,18,19). The first kappa shape index (κ1) is 17.4. The monoisotopic (exact) mass is 303 g/mol. The van der Waals surface area contributed by atoms with Crippen LogP contribution in [0.25, 0.3) is 0 Å². The Labute approximate surface area is 122 Å². The van der Waals surface area contributed by atoms with Gasteiger partial charge in [0.2, 0.25) is 6.10 Å². The van der Waals surface area contributed by atoms with Crippen LogP contribution in [-0.4, -0.2) is 72.0 Å². The number of esters is 1. The molecule has 1 unspecified atom stereocenters. The van der Waals surface area contributed by atoms with E-state index in [9.17, 15) is 14.4 Å². The third kappa shape index (κ3) is 7.62. The maximum atomic E-state index is 11.5. The molecule has 0 amide bonds. The van der Waals surface area contributed by atoms with E-state index < -0.39 is 30.4 Å². The number of carbonyl (C=O) groups excluding carboxylic acids is 1. The highest BCUT2D eigenvalue weighted by Gasteiger charge is 2.25. The normalized spacial score (nSPS) is 17.1. The summed E-state index contributed by atoms with van der Waals surface area (Å²) < 4.78 is 9.88. The molecule has 0 aromatic heterocycles. The molecule has 0 spiro atoms. The van der Waals surface area contributed by atoms with Crippen LogP contribution in [0.1, 0.15) is 25.7 Å². The lowest BCUT2D eigenvalue weighted by atomic mass is 10.2. The molecule has 1 rings (SSSR count). The highest BCUT2D eigenvalue weighted by atomic mass is 16.6. The average Bonchev–Trinajstić information content (AvgIpc) is 2.43. The Bertz CT molecular complexity index is 366. The van der Waals surface area contributed by atoms with Crippen molar-refractivity contribution in [1.29, 1.82) is 0 Å². The summed E-state index contributed by atoms with van der Waals surface area (Å²) in [5, 5.41) is 17.3. The zero-order valence-corrected chi connectivity index (χ0v) is 11.8. The van der Waals surface area contributed by atoms with Crippen molar-refractivity contribution in [2.45, 2.75) is 31.8 Å². The lowest BCUT2D eigenvalue weighted by molar-refractivity contribution is -0.167. The Kier molecular flexibility index (Phi) is 7.70. The summed E-state index contributed by atoms with van der Waals surface area (Å²) in [6.07, 6.45) is -0.876. The van der Waals surface area contributed by atoms with E-state index in [2.05, 4.69) is 9.64 Å². The van der Waals surface area contributed by atoms with Crippen LogP contribution in [0.2, 0.25) is 0 Å². The van der Waals surface area contributed by atoms with Gasteiger partial charge in [0.05, 0.1) is 19.6 Å². The number of nitrogens with zero attached hydrogens (tertiary/aromatic N) is 1. The molecule has 1 fully saturated rings. The maximum absolute atomic E-state index is 11.5. The molecule has 1 atom stereocenters. The number of morpholine rings is 1. The molecule has 1 heterocycles. The van der Waals surface area contributed by atoms with Crippen molar-refractivity contribution in [3.8, 4) is 0 Å². The second-order valence-electron chi connectivity index (χ2n) is 4.83. The van der Waals surface area contributed by atoms with Crippen molar-refractivity contribution < 1.29 is 34.1 Å². The fourth-order valence-electron chi connectivity index (χ4n) is 1.99. The van der Waals surface area contributed by atoms with E-state index in [1.54, 1.807) is 0 Å². The van der Waals surface area contributed by atoms with E-state index in [4.69, 9.17) is 14.9 Å². The van der Waals surface area contributed by atoms with Gasteiger partial charge in [0.15, 0.2) is 0 Å². The Hall–Kier alpha value is -1.67. The molecule has 8 nitrogen and oxygen atoms in total. The minimum absolute atomic E-state index is 0.0910. The second kappa shape index (κ2) is 9.30. The van der Waals surface area contributed by atoms with Crippen LogP contribution in [0.5, 0.6) is 0 Å². The first-order valence-electron chi connectivity index (χ1n) is 6.93. The number of hydrogen-bond donors (Lipinski definition) is 2. The molecular formula is C13H21NO7. The number of hydrogen-bond acceptors (Lipinski definition) is 6. The number of carboxylic acid groups (broad SMARTS) is 2. The van der Waals surface area contributed by atoms with Crippen LogP contribution in [-0.2, 0) is 23.9 Å². The van der Waals surface area contributed by atoms with Crippen LogP contribution in [0.15, 0.2) is 0 Å². The van der Waals surface area contributed by atoms with Gasteiger partial charge in [-0.05, 0) is 19.4 Å². The Morgan fingerprint density at radius 2 is 1.81 bits per heavy atom. The quantitative estimate of drug-likeness (QED) is 0.450. The van der Waals surface area contributed by atoms with Gasteiger partial charge in [-0.1, -0.05) is 0 Å². The minimum Gasteiger partial charge on any atom is -0.481 e. The molecule has 21 heavy (non-hydrogen) atoms. The molecule has 0 bridgehead atoms. The zero-order chi connectivity index (χ0) is 15.7. The van der Waals surface area contributed by atoms with Crippen molar-refractivity contribution in [3.63, 3.8) is 0 Å². The highest BCUT2D eigenvalue weighted by molar-refractivity contribution is 5.82. The molecular weight excluding hydrogens is 282 g/mol. The molecule has 0 aliphatic carbocycles. The van der Waals surface area contributed by atoms with E-state index in [-0.39, 0.29) is 6.42 Å². The molecule has 0 radical (unpaired) electrons. The predicted octanol–water partition coefficient (Wildman–Crippen LogP) is -0.0400. The van der Waals surface area contributed by atoms with Crippen LogP contribution < -0.4 is 0 Å². The summed E-state index contributed by atoms with van der Waals surface area (Å²) in [6.45, 7) is 4.05. The number of carboxylic acids is 2. The van der Waals surface area contributed by atoms with Crippen LogP contribution in [0.3, 0.4) is 0 Å². The van der Waals surface area contributed by atoms with Gasteiger partial charge in [-0.3, -0.25) is 14.5 Å². The molecule has 0 saturated carbocycles. The lowest BCUT2D eigenvalue weighted by Crippen LogP contribution is -2.36. The number of unbranched alkanes of at least 4 members (excludes halogenated alkanes) is 1. The van der Waals surface area contributed by atoms with Crippen molar-refractivity contribution in [3.05, 3.63) is 0 Å². The minimum atomic E-state index is -1.62. The first-order valence-corrected chi connectivity index (χ1v) is 6.93. The second-order valence-corrected chi connectivity index (χ2v) is 4.83. The van der Waals surface area contributed by atoms with Gasteiger partial charge in [0.1, 0.15) is 0 Å². The molecule has 1 aliphatic rings. The van der Waals surface area contributed by atoms with Crippen LogP contribution in [0, 0.1) is 0 Å². The summed E-state index contributed by atoms with van der Waals surface area (Å²) in [6, 6.07) is 0. The lowest BCUT2D eigenvalue weighted by Gasteiger charge is -2.26. The number of ether oxygens (including phenoxy) is 2. The molecule has 120 valence electrons. The van der Waals surface area contributed by atoms with Crippen LogP contribution in [0.4, 0.5) is 0 Å². The van der Waals surface area contributed by atoms with E-state index in [0.717, 1.165) is 39.3 Å².